The molecule has 2 atom stereocenters. The van der Waals surface area contributed by atoms with E-state index >= 15 is 0 Å². The van der Waals surface area contributed by atoms with Crippen molar-refractivity contribution in [2.75, 3.05) is 19.7 Å². The number of fused-ring (bicyclic) bond motifs is 1. The highest BCUT2D eigenvalue weighted by Crippen LogP contribution is 2.28. The summed E-state index contributed by atoms with van der Waals surface area (Å²) in [5.41, 5.74) is 0.978. The minimum atomic E-state index is -0.186. The average Bonchev–Trinajstić information content (AvgIpc) is 3.02. The molecule has 1 aromatic rings. The summed E-state index contributed by atoms with van der Waals surface area (Å²) in [7, 11) is 0. The van der Waals surface area contributed by atoms with Gasteiger partial charge < -0.3 is 14.8 Å². The van der Waals surface area contributed by atoms with Crippen LogP contribution < -0.4 is 10.1 Å². The summed E-state index contributed by atoms with van der Waals surface area (Å²) in [6, 6.07) is 4.74. The van der Waals surface area contributed by atoms with Gasteiger partial charge in [0.1, 0.15) is 17.7 Å². The number of ether oxygens (including phenoxy) is 2. The van der Waals surface area contributed by atoms with Crippen molar-refractivity contribution < 1.29 is 13.9 Å². The third-order valence-corrected chi connectivity index (χ3v) is 3.80. The molecule has 3 nitrogen and oxygen atoms in total. The highest BCUT2D eigenvalue weighted by molar-refractivity contribution is 5.37. The lowest BCUT2D eigenvalue weighted by atomic mass is 10.1. The molecule has 104 valence electrons. The van der Waals surface area contributed by atoms with Crippen LogP contribution in [0.2, 0.25) is 0 Å². The van der Waals surface area contributed by atoms with E-state index in [0.717, 1.165) is 43.9 Å². The molecular weight excluding hydrogens is 245 g/mol. The highest BCUT2D eigenvalue weighted by Gasteiger charge is 2.23. The van der Waals surface area contributed by atoms with E-state index in [-0.39, 0.29) is 11.9 Å². The van der Waals surface area contributed by atoms with Crippen molar-refractivity contribution in [1.82, 2.24) is 5.32 Å². The fourth-order valence-electron chi connectivity index (χ4n) is 2.80. The summed E-state index contributed by atoms with van der Waals surface area (Å²) in [4.78, 5) is 0. The van der Waals surface area contributed by atoms with Crippen LogP contribution in [0.4, 0.5) is 4.39 Å². The van der Waals surface area contributed by atoms with Crippen molar-refractivity contribution in [2.45, 2.75) is 37.9 Å². The number of nitrogens with one attached hydrogen (secondary N) is 1. The molecule has 19 heavy (non-hydrogen) atoms. The molecular formula is C15H20FNO2. The van der Waals surface area contributed by atoms with E-state index in [9.17, 15) is 4.39 Å². The fraction of sp³-hybridized carbons (Fsp3) is 0.600. The van der Waals surface area contributed by atoms with E-state index in [4.69, 9.17) is 9.47 Å². The summed E-state index contributed by atoms with van der Waals surface area (Å²) in [6.07, 6.45) is 4.79. The van der Waals surface area contributed by atoms with Gasteiger partial charge in [-0.15, -0.1) is 0 Å². The molecule has 0 radical (unpaired) electrons. The van der Waals surface area contributed by atoms with Crippen molar-refractivity contribution >= 4 is 0 Å². The molecule has 1 fully saturated rings. The fourth-order valence-corrected chi connectivity index (χ4v) is 2.80. The molecule has 1 saturated heterocycles. The highest BCUT2D eigenvalue weighted by atomic mass is 19.1. The number of hydrogen-bond acceptors (Lipinski definition) is 3. The van der Waals surface area contributed by atoms with Crippen molar-refractivity contribution in [3.8, 4) is 5.75 Å². The third kappa shape index (κ3) is 3.25. The van der Waals surface area contributed by atoms with Gasteiger partial charge >= 0.3 is 0 Å². The predicted octanol–water partition coefficient (Wildman–Crippen LogP) is 2.29. The number of rotatable bonds is 5. The molecule has 2 aliphatic heterocycles. The van der Waals surface area contributed by atoms with Crippen molar-refractivity contribution in [3.05, 3.63) is 29.6 Å². The van der Waals surface area contributed by atoms with Gasteiger partial charge in [0.25, 0.3) is 0 Å². The van der Waals surface area contributed by atoms with E-state index in [2.05, 4.69) is 5.32 Å². The Morgan fingerprint density at radius 3 is 3.11 bits per heavy atom. The van der Waals surface area contributed by atoms with Crippen LogP contribution in [0.5, 0.6) is 5.75 Å². The van der Waals surface area contributed by atoms with Crippen molar-refractivity contribution in [1.29, 1.82) is 0 Å². The van der Waals surface area contributed by atoms with Gasteiger partial charge in [-0.05, 0) is 44.0 Å². The van der Waals surface area contributed by atoms with E-state index in [1.807, 2.05) is 0 Å². The maximum Gasteiger partial charge on any atom is 0.123 e. The largest absolute Gasteiger partial charge is 0.488 e. The first-order valence-electron chi connectivity index (χ1n) is 7.08. The molecule has 0 aromatic heterocycles. The monoisotopic (exact) mass is 265 g/mol. The van der Waals surface area contributed by atoms with Gasteiger partial charge in [-0.1, -0.05) is 0 Å². The Hall–Kier alpha value is -1.13. The third-order valence-electron chi connectivity index (χ3n) is 3.80. The normalized spacial score (nSPS) is 25.3. The average molecular weight is 265 g/mol. The molecule has 4 heteroatoms. The van der Waals surface area contributed by atoms with Crippen LogP contribution in [0.25, 0.3) is 0 Å². The molecule has 0 spiro atoms. The zero-order valence-electron chi connectivity index (χ0n) is 11.0. The Bertz CT molecular complexity index is 432. The molecule has 1 aromatic carbocycles. The van der Waals surface area contributed by atoms with Crippen LogP contribution in [0.15, 0.2) is 18.2 Å². The number of benzene rings is 1. The molecule has 2 aliphatic rings. The maximum atomic E-state index is 13.1. The minimum absolute atomic E-state index is 0.126. The zero-order chi connectivity index (χ0) is 13.1. The zero-order valence-corrected chi connectivity index (χ0v) is 11.0. The summed E-state index contributed by atoms with van der Waals surface area (Å²) in [6.45, 7) is 2.68. The predicted molar refractivity (Wildman–Crippen MR) is 71.0 cm³/mol. The van der Waals surface area contributed by atoms with Crippen LogP contribution in [-0.4, -0.2) is 31.9 Å². The standard InChI is InChI=1S/C15H20FNO2/c16-12-3-4-15-11(8-12)9-14(19-15)10-17-6-5-13-2-1-7-18-13/h3-4,8,13-14,17H,1-2,5-7,9-10H2. The molecule has 0 amide bonds. The van der Waals surface area contributed by atoms with Crippen molar-refractivity contribution in [2.24, 2.45) is 0 Å². The van der Waals surface area contributed by atoms with Gasteiger partial charge in [0.05, 0.1) is 6.10 Å². The van der Waals surface area contributed by atoms with E-state index in [1.165, 1.54) is 18.9 Å². The molecule has 2 heterocycles. The molecule has 3 rings (SSSR count). The first-order valence-corrected chi connectivity index (χ1v) is 7.08. The van der Waals surface area contributed by atoms with Crippen molar-refractivity contribution in [3.63, 3.8) is 0 Å². The van der Waals surface area contributed by atoms with Gasteiger partial charge in [0.15, 0.2) is 0 Å². The first kappa shape index (κ1) is 12.9. The first-order chi connectivity index (χ1) is 9.31. The molecule has 1 N–H and O–H groups in total. The van der Waals surface area contributed by atoms with Gasteiger partial charge in [0.2, 0.25) is 0 Å². The minimum Gasteiger partial charge on any atom is -0.488 e. The second kappa shape index (κ2) is 5.88. The summed E-state index contributed by atoms with van der Waals surface area (Å²) in [5, 5.41) is 3.40. The lowest BCUT2D eigenvalue weighted by Gasteiger charge is -2.13. The van der Waals surface area contributed by atoms with E-state index in [0.29, 0.717) is 6.10 Å². The Labute approximate surface area is 113 Å². The quantitative estimate of drug-likeness (QED) is 0.829. The molecule has 2 unspecified atom stereocenters. The van der Waals surface area contributed by atoms with E-state index < -0.39 is 0 Å². The van der Waals surface area contributed by atoms with Crippen LogP contribution in [0, 0.1) is 5.82 Å². The second-order valence-electron chi connectivity index (χ2n) is 5.32. The van der Waals surface area contributed by atoms with Crippen LogP contribution in [0.3, 0.4) is 0 Å². The van der Waals surface area contributed by atoms with Gasteiger partial charge in [0, 0.05) is 25.1 Å². The maximum absolute atomic E-state index is 13.1. The lowest BCUT2D eigenvalue weighted by Crippen LogP contribution is -2.31. The van der Waals surface area contributed by atoms with Gasteiger partial charge in [-0.25, -0.2) is 4.39 Å². The Morgan fingerprint density at radius 2 is 2.26 bits per heavy atom. The van der Waals surface area contributed by atoms with Crippen LogP contribution in [-0.2, 0) is 11.2 Å². The Kier molecular flexibility index (Phi) is 3.99. The van der Waals surface area contributed by atoms with Crippen LogP contribution in [0.1, 0.15) is 24.8 Å². The second-order valence-corrected chi connectivity index (χ2v) is 5.32. The topological polar surface area (TPSA) is 30.5 Å². The number of halogens is 1. The summed E-state index contributed by atoms with van der Waals surface area (Å²) in [5.74, 6) is 0.640. The SMILES string of the molecule is Fc1ccc2c(c1)CC(CNCCC1CCCO1)O2. The summed E-state index contributed by atoms with van der Waals surface area (Å²) < 4.78 is 24.4. The lowest BCUT2D eigenvalue weighted by molar-refractivity contribution is 0.103. The van der Waals surface area contributed by atoms with Gasteiger partial charge in [-0.3, -0.25) is 0 Å². The Morgan fingerprint density at radius 1 is 1.32 bits per heavy atom. The molecule has 0 aliphatic carbocycles. The van der Waals surface area contributed by atoms with E-state index in [1.54, 1.807) is 12.1 Å². The van der Waals surface area contributed by atoms with Crippen LogP contribution >= 0.6 is 0 Å². The summed E-state index contributed by atoms with van der Waals surface area (Å²) >= 11 is 0. The smallest absolute Gasteiger partial charge is 0.123 e. The van der Waals surface area contributed by atoms with Gasteiger partial charge in [-0.2, -0.15) is 0 Å². The molecule has 0 bridgehead atoms. The Balaban J connectivity index is 1.38. The molecule has 0 saturated carbocycles. The number of hydrogen-bond donors (Lipinski definition) is 1.